The molecular weight excluding hydrogens is 218 g/mol. The third-order valence-electron chi connectivity index (χ3n) is 3.50. The predicted octanol–water partition coefficient (Wildman–Crippen LogP) is 1.42. The monoisotopic (exact) mass is 243 g/mol. The Balaban J connectivity index is 2.56. The highest BCUT2D eigenvalue weighted by Crippen LogP contribution is 2.23. The summed E-state index contributed by atoms with van der Waals surface area (Å²) in [5, 5.41) is 9.58. The number of likely N-dealkylation sites (tertiary alicyclic amines) is 1. The van der Waals surface area contributed by atoms with E-state index < -0.39 is 0 Å². The molecule has 0 aromatic carbocycles. The fourth-order valence-electron chi connectivity index (χ4n) is 2.45. The van der Waals surface area contributed by atoms with Crippen LogP contribution in [0.15, 0.2) is 0 Å². The molecule has 3 atom stereocenters. The average molecular weight is 243 g/mol. The molecule has 17 heavy (non-hydrogen) atoms. The number of carbonyl (C=O) groups excluding carboxylic acids is 1. The number of aliphatic hydroxyl groups is 1. The lowest BCUT2D eigenvalue weighted by Gasteiger charge is -2.26. The molecule has 0 saturated carbocycles. The molecule has 1 saturated heterocycles. The zero-order chi connectivity index (χ0) is 12.8. The van der Waals surface area contributed by atoms with Crippen LogP contribution in [0, 0.1) is 5.92 Å². The highest BCUT2D eigenvalue weighted by atomic mass is 16.5. The summed E-state index contributed by atoms with van der Waals surface area (Å²) in [5.74, 6) is 0.185. The van der Waals surface area contributed by atoms with Crippen molar-refractivity contribution in [2.45, 2.75) is 52.2 Å². The maximum atomic E-state index is 11.9. The zero-order valence-electron chi connectivity index (χ0n) is 11.2. The van der Waals surface area contributed by atoms with Crippen molar-refractivity contribution >= 4 is 5.97 Å². The van der Waals surface area contributed by atoms with Gasteiger partial charge in [-0.25, -0.2) is 0 Å². The molecule has 1 heterocycles. The normalized spacial score (nSPS) is 24.6. The number of aliphatic hydroxyl groups excluding tert-OH is 1. The van der Waals surface area contributed by atoms with E-state index in [4.69, 9.17) is 4.74 Å². The Kier molecular flexibility index (Phi) is 5.92. The Morgan fingerprint density at radius 2 is 2.24 bits per heavy atom. The summed E-state index contributed by atoms with van der Waals surface area (Å²) in [6.45, 7) is 7.87. The van der Waals surface area contributed by atoms with E-state index in [1.807, 2.05) is 13.8 Å². The summed E-state index contributed by atoms with van der Waals surface area (Å²) in [4.78, 5) is 14.0. The molecule has 1 fully saturated rings. The molecule has 0 radical (unpaired) electrons. The van der Waals surface area contributed by atoms with Crippen LogP contribution in [0.25, 0.3) is 0 Å². The third-order valence-corrected chi connectivity index (χ3v) is 3.50. The summed E-state index contributed by atoms with van der Waals surface area (Å²) in [7, 11) is 0. The van der Waals surface area contributed by atoms with Crippen LogP contribution in [-0.2, 0) is 9.53 Å². The molecular formula is C13H25NO3. The van der Waals surface area contributed by atoms with Gasteiger partial charge in [0.15, 0.2) is 0 Å². The molecule has 1 N–H and O–H groups in total. The summed E-state index contributed by atoms with van der Waals surface area (Å²) in [6.07, 6.45) is 2.49. The first kappa shape index (κ1) is 14.5. The van der Waals surface area contributed by atoms with Gasteiger partial charge in [0.05, 0.1) is 12.7 Å². The minimum absolute atomic E-state index is 0.111. The fraction of sp³-hybridized carbons (Fsp3) is 0.923. The molecule has 0 aliphatic carbocycles. The van der Waals surface area contributed by atoms with E-state index >= 15 is 0 Å². The molecule has 0 bridgehead atoms. The topological polar surface area (TPSA) is 49.8 Å². The van der Waals surface area contributed by atoms with Crippen molar-refractivity contribution < 1.29 is 14.6 Å². The largest absolute Gasteiger partial charge is 0.465 e. The molecule has 0 aromatic rings. The van der Waals surface area contributed by atoms with E-state index in [2.05, 4.69) is 11.8 Å². The molecule has 1 aliphatic heterocycles. The van der Waals surface area contributed by atoms with Crippen molar-refractivity contribution in [1.82, 2.24) is 4.90 Å². The highest BCUT2D eigenvalue weighted by Gasteiger charge is 2.34. The summed E-state index contributed by atoms with van der Waals surface area (Å²) in [6, 6.07) is -0.122. The second-order valence-corrected chi connectivity index (χ2v) is 4.84. The molecule has 1 aliphatic rings. The Labute approximate surface area is 104 Å². The number of hydrogen-bond donors (Lipinski definition) is 1. The van der Waals surface area contributed by atoms with Gasteiger partial charge in [-0.1, -0.05) is 13.3 Å². The number of esters is 1. The summed E-state index contributed by atoms with van der Waals surface area (Å²) < 4.78 is 5.12. The van der Waals surface area contributed by atoms with Crippen LogP contribution in [0.2, 0.25) is 0 Å². The maximum absolute atomic E-state index is 11.9. The minimum Gasteiger partial charge on any atom is -0.465 e. The molecule has 3 unspecified atom stereocenters. The van der Waals surface area contributed by atoms with Crippen LogP contribution < -0.4 is 0 Å². The number of hydrogen-bond acceptors (Lipinski definition) is 4. The summed E-state index contributed by atoms with van der Waals surface area (Å²) in [5.41, 5.74) is 0. The fourth-order valence-corrected chi connectivity index (χ4v) is 2.45. The van der Waals surface area contributed by atoms with Gasteiger partial charge < -0.3 is 9.84 Å². The zero-order valence-corrected chi connectivity index (χ0v) is 11.2. The van der Waals surface area contributed by atoms with Gasteiger partial charge >= 0.3 is 5.97 Å². The SMILES string of the molecule is CCCC(C(=O)OCC)N1CCC(C(C)O)C1. The Morgan fingerprint density at radius 3 is 2.71 bits per heavy atom. The quantitative estimate of drug-likeness (QED) is 0.717. The first-order chi connectivity index (χ1) is 8.10. The van der Waals surface area contributed by atoms with Gasteiger partial charge in [-0.2, -0.15) is 0 Å². The van der Waals surface area contributed by atoms with E-state index in [9.17, 15) is 9.90 Å². The van der Waals surface area contributed by atoms with Gasteiger partial charge in [0, 0.05) is 6.54 Å². The average Bonchev–Trinajstić information content (AvgIpc) is 2.75. The number of carbonyl (C=O) groups is 1. The maximum Gasteiger partial charge on any atom is 0.323 e. The highest BCUT2D eigenvalue weighted by molar-refractivity contribution is 5.75. The first-order valence-electron chi connectivity index (χ1n) is 6.68. The predicted molar refractivity (Wildman–Crippen MR) is 66.7 cm³/mol. The van der Waals surface area contributed by atoms with Crippen molar-refractivity contribution in [2.24, 2.45) is 5.92 Å². The first-order valence-corrected chi connectivity index (χ1v) is 6.68. The molecule has 0 spiro atoms. The van der Waals surface area contributed by atoms with E-state index in [-0.39, 0.29) is 18.1 Å². The number of rotatable bonds is 6. The van der Waals surface area contributed by atoms with Crippen molar-refractivity contribution in [3.8, 4) is 0 Å². The minimum atomic E-state index is -0.288. The van der Waals surface area contributed by atoms with Crippen molar-refractivity contribution in [2.75, 3.05) is 19.7 Å². The molecule has 0 amide bonds. The Hall–Kier alpha value is -0.610. The van der Waals surface area contributed by atoms with Gasteiger partial charge in [0.25, 0.3) is 0 Å². The molecule has 1 rings (SSSR count). The molecule has 0 aromatic heterocycles. The van der Waals surface area contributed by atoms with Crippen molar-refractivity contribution in [3.63, 3.8) is 0 Å². The van der Waals surface area contributed by atoms with E-state index in [0.29, 0.717) is 12.5 Å². The second kappa shape index (κ2) is 6.97. The number of ether oxygens (including phenoxy) is 1. The van der Waals surface area contributed by atoms with E-state index in [1.165, 1.54) is 0 Å². The molecule has 100 valence electrons. The van der Waals surface area contributed by atoms with Crippen molar-refractivity contribution in [1.29, 1.82) is 0 Å². The second-order valence-electron chi connectivity index (χ2n) is 4.84. The smallest absolute Gasteiger partial charge is 0.323 e. The van der Waals surface area contributed by atoms with Gasteiger partial charge in [-0.3, -0.25) is 9.69 Å². The lowest BCUT2D eigenvalue weighted by atomic mass is 10.0. The third kappa shape index (κ3) is 3.96. The number of nitrogens with zero attached hydrogens (tertiary/aromatic N) is 1. The molecule has 4 nitrogen and oxygen atoms in total. The van der Waals surface area contributed by atoms with Crippen LogP contribution >= 0.6 is 0 Å². The standard InChI is InChI=1S/C13H25NO3/c1-4-6-12(13(16)17-5-2)14-8-7-11(9-14)10(3)15/h10-12,15H,4-9H2,1-3H3. The van der Waals surface area contributed by atoms with Gasteiger partial charge in [-0.05, 0) is 39.2 Å². The van der Waals surface area contributed by atoms with Crippen LogP contribution in [0.4, 0.5) is 0 Å². The lowest BCUT2D eigenvalue weighted by Crippen LogP contribution is -2.41. The van der Waals surface area contributed by atoms with Gasteiger partial charge in [0.2, 0.25) is 0 Å². The van der Waals surface area contributed by atoms with Crippen LogP contribution in [-0.4, -0.2) is 47.8 Å². The van der Waals surface area contributed by atoms with Gasteiger partial charge in [0.1, 0.15) is 6.04 Å². The van der Waals surface area contributed by atoms with E-state index in [0.717, 1.165) is 32.4 Å². The van der Waals surface area contributed by atoms with Crippen LogP contribution in [0.5, 0.6) is 0 Å². The molecule has 4 heteroatoms. The lowest BCUT2D eigenvalue weighted by molar-refractivity contribution is -0.149. The van der Waals surface area contributed by atoms with E-state index in [1.54, 1.807) is 0 Å². The van der Waals surface area contributed by atoms with Gasteiger partial charge in [-0.15, -0.1) is 0 Å². The van der Waals surface area contributed by atoms with Crippen molar-refractivity contribution in [3.05, 3.63) is 0 Å². The van der Waals surface area contributed by atoms with Crippen LogP contribution in [0.3, 0.4) is 0 Å². The Morgan fingerprint density at radius 1 is 1.53 bits per heavy atom. The Bertz CT molecular complexity index is 243. The summed E-state index contributed by atoms with van der Waals surface area (Å²) >= 11 is 0. The van der Waals surface area contributed by atoms with Crippen LogP contribution in [0.1, 0.15) is 40.0 Å².